The Balaban J connectivity index is 0.00000288. The summed E-state index contributed by atoms with van der Waals surface area (Å²) in [5.74, 6) is 0.361. The number of thioether (sulfide) groups is 1. The molecule has 2 aromatic rings. The van der Waals surface area contributed by atoms with Gasteiger partial charge in [-0.3, -0.25) is 10.2 Å². The molecule has 0 aliphatic heterocycles. The fraction of sp³-hybridized carbons (Fsp3) is 0.176. The molecule has 1 amide bonds. The molecule has 2 aromatic carbocycles. The molecule has 0 radical (unpaired) electrons. The zero-order valence-electron chi connectivity index (χ0n) is 13.1. The van der Waals surface area contributed by atoms with Crippen molar-refractivity contribution in [3.8, 4) is 0 Å². The van der Waals surface area contributed by atoms with Crippen molar-refractivity contribution in [3.63, 3.8) is 0 Å². The molecule has 0 spiro atoms. The number of rotatable bonds is 5. The number of hydrogen-bond donors (Lipinski definition) is 3. The lowest BCUT2D eigenvalue weighted by Crippen LogP contribution is -2.24. The Labute approximate surface area is 165 Å². The normalized spacial score (nSPS) is 9.92. The van der Waals surface area contributed by atoms with Gasteiger partial charge in [0.05, 0.1) is 0 Å². The van der Waals surface area contributed by atoms with Gasteiger partial charge in [-0.1, -0.05) is 57.5 Å². The Morgan fingerprint density at radius 3 is 2.54 bits per heavy atom. The van der Waals surface area contributed by atoms with Crippen LogP contribution in [0.25, 0.3) is 0 Å². The molecule has 0 heterocycles. The molecule has 7 heteroatoms. The van der Waals surface area contributed by atoms with E-state index in [1.54, 1.807) is 6.07 Å². The molecule has 0 aliphatic carbocycles. The molecule has 0 fully saturated rings. The smallest absolute Gasteiger partial charge is 0.251 e. The maximum absolute atomic E-state index is 12.4. The van der Waals surface area contributed by atoms with Gasteiger partial charge in [0.1, 0.15) is 0 Å². The second-order valence-corrected chi connectivity index (χ2v) is 7.06. The highest BCUT2D eigenvalue weighted by molar-refractivity contribution is 9.10. The molecule has 0 saturated carbocycles. The van der Waals surface area contributed by atoms with E-state index in [9.17, 15) is 4.79 Å². The van der Waals surface area contributed by atoms with Crippen LogP contribution in [0.3, 0.4) is 0 Å². The summed E-state index contributed by atoms with van der Waals surface area (Å²) in [5, 5.41) is 10.3. The molecule has 0 bridgehead atoms. The molecule has 0 atom stereocenters. The summed E-state index contributed by atoms with van der Waals surface area (Å²) in [5.41, 5.74) is 9.09. The molecule has 128 valence electrons. The van der Waals surface area contributed by atoms with Crippen molar-refractivity contribution in [1.82, 2.24) is 5.32 Å². The van der Waals surface area contributed by atoms with Gasteiger partial charge in [-0.2, -0.15) is 0 Å². The van der Waals surface area contributed by atoms with Crippen molar-refractivity contribution < 1.29 is 4.79 Å². The number of aryl methyl sites for hydroxylation is 1. The lowest BCUT2D eigenvalue weighted by molar-refractivity contribution is 0.0950. The lowest BCUT2D eigenvalue weighted by atomic mass is 10.1. The third-order valence-corrected chi connectivity index (χ3v) is 4.53. The first-order valence-electron chi connectivity index (χ1n) is 7.04. The van der Waals surface area contributed by atoms with Gasteiger partial charge in [0, 0.05) is 22.3 Å². The van der Waals surface area contributed by atoms with Crippen LogP contribution in [-0.2, 0) is 12.3 Å². The van der Waals surface area contributed by atoms with E-state index in [4.69, 9.17) is 11.1 Å². The van der Waals surface area contributed by atoms with Gasteiger partial charge in [0.25, 0.3) is 5.91 Å². The first kappa shape index (κ1) is 20.7. The van der Waals surface area contributed by atoms with Gasteiger partial charge in [-0.25, -0.2) is 0 Å². The monoisotopic (exact) mass is 471 g/mol. The molecule has 4 N–H and O–H groups in total. The van der Waals surface area contributed by atoms with Gasteiger partial charge in [-0.15, -0.1) is 17.0 Å². The Morgan fingerprint density at radius 2 is 1.92 bits per heavy atom. The topological polar surface area (TPSA) is 79.0 Å². The van der Waals surface area contributed by atoms with Gasteiger partial charge in [0.15, 0.2) is 5.17 Å². The van der Waals surface area contributed by atoms with Crippen LogP contribution in [0, 0.1) is 12.3 Å². The number of nitrogens with two attached hydrogens (primary N) is 1. The maximum Gasteiger partial charge on any atom is 0.251 e. The minimum atomic E-state index is -0.128. The summed E-state index contributed by atoms with van der Waals surface area (Å²) >= 11 is 4.61. The third kappa shape index (κ3) is 6.30. The van der Waals surface area contributed by atoms with Crippen LogP contribution >= 0.6 is 44.7 Å². The van der Waals surface area contributed by atoms with E-state index in [2.05, 4.69) is 21.2 Å². The molecule has 2 rings (SSSR count). The first-order chi connectivity index (χ1) is 11.0. The van der Waals surface area contributed by atoms with Gasteiger partial charge in [0.2, 0.25) is 0 Å². The Bertz CT molecular complexity index is 720. The minimum Gasteiger partial charge on any atom is -0.379 e. The summed E-state index contributed by atoms with van der Waals surface area (Å²) < 4.78 is 0.895. The van der Waals surface area contributed by atoms with Crippen LogP contribution in [0.2, 0.25) is 0 Å². The predicted octanol–water partition coefficient (Wildman–Crippen LogP) is 4.39. The summed E-state index contributed by atoms with van der Waals surface area (Å²) in [7, 11) is 0. The number of hydrogen-bond acceptors (Lipinski definition) is 3. The fourth-order valence-corrected chi connectivity index (χ4v) is 3.00. The van der Waals surface area contributed by atoms with Crippen molar-refractivity contribution in [3.05, 3.63) is 69.2 Å². The minimum absolute atomic E-state index is 0. The van der Waals surface area contributed by atoms with Crippen molar-refractivity contribution in [1.29, 1.82) is 5.41 Å². The highest BCUT2D eigenvalue weighted by Gasteiger charge is 2.12. The molecule has 0 aliphatic rings. The Hall–Kier alpha value is -1.31. The average molecular weight is 473 g/mol. The first-order valence-corrected chi connectivity index (χ1v) is 8.82. The third-order valence-electron chi connectivity index (χ3n) is 3.27. The molecule has 24 heavy (non-hydrogen) atoms. The van der Waals surface area contributed by atoms with E-state index in [1.807, 2.05) is 43.3 Å². The van der Waals surface area contributed by atoms with E-state index in [0.29, 0.717) is 17.9 Å². The number of carbonyl (C=O) groups is 1. The van der Waals surface area contributed by atoms with Crippen molar-refractivity contribution in [2.45, 2.75) is 19.2 Å². The van der Waals surface area contributed by atoms with Crippen LogP contribution in [0.4, 0.5) is 0 Å². The van der Waals surface area contributed by atoms with Crippen LogP contribution in [0.5, 0.6) is 0 Å². The lowest BCUT2D eigenvalue weighted by Gasteiger charge is -2.11. The zero-order valence-corrected chi connectivity index (χ0v) is 17.3. The summed E-state index contributed by atoms with van der Waals surface area (Å²) in [6.07, 6.45) is 0. The van der Waals surface area contributed by atoms with Crippen LogP contribution in [-0.4, -0.2) is 11.1 Å². The van der Waals surface area contributed by atoms with Crippen molar-refractivity contribution in [2.24, 2.45) is 5.73 Å². The van der Waals surface area contributed by atoms with Gasteiger partial charge >= 0.3 is 0 Å². The fourth-order valence-electron chi connectivity index (χ4n) is 2.04. The van der Waals surface area contributed by atoms with E-state index in [-0.39, 0.29) is 28.1 Å². The number of amidine groups is 1. The quantitative estimate of drug-likeness (QED) is 0.445. The molecular formula is C17H19Br2N3OS. The van der Waals surface area contributed by atoms with Crippen molar-refractivity contribution >= 4 is 55.7 Å². The molecule has 0 aromatic heterocycles. The Kier molecular flexibility index (Phi) is 8.52. The highest BCUT2D eigenvalue weighted by Crippen LogP contribution is 2.21. The predicted molar refractivity (Wildman–Crippen MR) is 110 cm³/mol. The zero-order chi connectivity index (χ0) is 16.8. The summed E-state index contributed by atoms with van der Waals surface area (Å²) in [4.78, 5) is 12.4. The Morgan fingerprint density at radius 1 is 1.25 bits per heavy atom. The van der Waals surface area contributed by atoms with Gasteiger partial charge in [-0.05, 0) is 36.2 Å². The number of benzene rings is 2. The van der Waals surface area contributed by atoms with Gasteiger partial charge < -0.3 is 11.1 Å². The van der Waals surface area contributed by atoms with Crippen LogP contribution in [0.1, 0.15) is 27.0 Å². The van der Waals surface area contributed by atoms with Crippen molar-refractivity contribution in [2.75, 3.05) is 0 Å². The molecular weight excluding hydrogens is 454 g/mol. The number of carbonyl (C=O) groups excluding carboxylic acids is 1. The van der Waals surface area contributed by atoms with Crippen LogP contribution < -0.4 is 11.1 Å². The van der Waals surface area contributed by atoms with Crippen LogP contribution in [0.15, 0.2) is 46.9 Å². The largest absolute Gasteiger partial charge is 0.379 e. The standard InChI is InChI=1S/C17H18BrN3OS.BrH/c1-11-2-4-12(5-3-11)9-21-16(22)15-7-6-14(18)8-13(15)10-23-17(19)20;/h2-8H,9-10H2,1H3,(H3,19,20)(H,21,22);1H. The maximum atomic E-state index is 12.4. The van der Waals surface area contributed by atoms with E-state index in [1.165, 1.54) is 17.3 Å². The number of nitrogens with one attached hydrogen (secondary N) is 2. The van der Waals surface area contributed by atoms with E-state index in [0.717, 1.165) is 15.6 Å². The average Bonchev–Trinajstić information content (AvgIpc) is 2.52. The number of amides is 1. The molecule has 4 nitrogen and oxygen atoms in total. The van der Waals surface area contributed by atoms with E-state index >= 15 is 0 Å². The second-order valence-electron chi connectivity index (χ2n) is 5.12. The highest BCUT2D eigenvalue weighted by atomic mass is 79.9. The van der Waals surface area contributed by atoms with E-state index < -0.39 is 0 Å². The second kappa shape index (κ2) is 9.86. The number of halogens is 2. The molecule has 0 unspecified atom stereocenters. The summed E-state index contributed by atoms with van der Waals surface area (Å²) in [6.45, 7) is 2.51. The summed E-state index contributed by atoms with van der Waals surface area (Å²) in [6, 6.07) is 13.6. The molecule has 0 saturated heterocycles. The SMILES string of the molecule is Br.Cc1ccc(CNC(=O)c2ccc(Br)cc2CSC(=N)N)cc1.